The summed E-state index contributed by atoms with van der Waals surface area (Å²) in [6.07, 6.45) is 25.6. The Morgan fingerprint density at radius 3 is 1.79 bits per heavy atom. The van der Waals surface area contributed by atoms with E-state index in [4.69, 9.17) is 4.74 Å². The van der Waals surface area contributed by atoms with E-state index in [2.05, 4.69) is 71.1 Å². The van der Waals surface area contributed by atoms with Crippen LogP contribution in [0.1, 0.15) is 68.2 Å². The largest absolute Gasteiger partial charge is 0.393 e. The summed E-state index contributed by atoms with van der Waals surface area (Å²) in [6, 6.07) is 0. The molecular weight excluding hydrogens is 420 g/mol. The third kappa shape index (κ3) is 7.01. The minimum atomic E-state index is -0.290. The average Bonchev–Trinajstić information content (AvgIpc) is 3.35. The maximum atomic E-state index is 11.2. The molecule has 184 valence electrons. The predicted octanol–water partition coefficient (Wildman–Crippen LogP) is 7.29. The zero-order valence-corrected chi connectivity index (χ0v) is 22.2. The highest BCUT2D eigenvalue weighted by molar-refractivity contribution is 5.92. The topological polar surface area (TPSA) is 49.8 Å². The summed E-state index contributed by atoms with van der Waals surface area (Å²) in [6.45, 7) is 16.1. The third-order valence-corrected chi connectivity index (χ3v) is 6.90. The SMILES string of the molecule is CC(=O)C(C)=CC=CC(C)=CC=CC=C(C)C=CC=C(C)C=CC12OC1(C)CC(O)CC2(C)C. The number of hydrogen-bond acceptors (Lipinski definition) is 3. The lowest BCUT2D eigenvalue weighted by atomic mass is 9.63. The van der Waals surface area contributed by atoms with Crippen molar-refractivity contribution in [1.82, 2.24) is 0 Å². The second-order valence-corrected chi connectivity index (χ2v) is 10.6. The van der Waals surface area contributed by atoms with Gasteiger partial charge in [0.05, 0.1) is 6.10 Å². The highest BCUT2D eigenvalue weighted by atomic mass is 16.6. The molecule has 0 aromatic rings. The Balaban J connectivity index is 1.92. The molecule has 3 nitrogen and oxygen atoms in total. The van der Waals surface area contributed by atoms with E-state index in [0.29, 0.717) is 6.42 Å². The van der Waals surface area contributed by atoms with Crippen molar-refractivity contribution in [3.8, 4) is 0 Å². The van der Waals surface area contributed by atoms with Crippen molar-refractivity contribution in [1.29, 1.82) is 0 Å². The van der Waals surface area contributed by atoms with Crippen LogP contribution in [0.3, 0.4) is 0 Å². The summed E-state index contributed by atoms with van der Waals surface area (Å²) in [4.78, 5) is 11.2. The summed E-state index contributed by atoms with van der Waals surface area (Å²) >= 11 is 0. The van der Waals surface area contributed by atoms with Gasteiger partial charge in [-0.3, -0.25) is 4.79 Å². The Bertz CT molecular complexity index is 1010. The van der Waals surface area contributed by atoms with Crippen molar-refractivity contribution >= 4 is 5.78 Å². The monoisotopic (exact) mass is 462 g/mol. The molecule has 34 heavy (non-hydrogen) atoms. The Morgan fingerprint density at radius 1 is 0.765 bits per heavy atom. The number of epoxide rings is 1. The zero-order valence-electron chi connectivity index (χ0n) is 22.2. The molecule has 0 amide bonds. The minimum absolute atomic E-state index is 0.0921. The van der Waals surface area contributed by atoms with Crippen LogP contribution < -0.4 is 0 Å². The van der Waals surface area contributed by atoms with Gasteiger partial charge in [-0.2, -0.15) is 0 Å². The quantitative estimate of drug-likeness (QED) is 0.222. The third-order valence-electron chi connectivity index (χ3n) is 6.90. The lowest BCUT2D eigenvalue weighted by Crippen LogP contribution is -2.46. The van der Waals surface area contributed by atoms with Gasteiger partial charge in [-0.15, -0.1) is 0 Å². The number of rotatable bonds is 9. The standard InChI is InChI=1S/C31H42O3/c1-23(13-9-10-14-24(2)17-12-18-26(4)27(5)32)15-11-16-25(3)19-20-31-29(6,7)21-28(33)22-30(31,8)34-31/h9-20,28,33H,21-22H2,1-8H3. The molecular formula is C31H42O3. The fourth-order valence-electron chi connectivity index (χ4n) is 4.72. The maximum absolute atomic E-state index is 11.2. The van der Waals surface area contributed by atoms with Crippen LogP contribution in [0.25, 0.3) is 0 Å². The highest BCUT2D eigenvalue weighted by Gasteiger charge is 2.74. The van der Waals surface area contributed by atoms with Gasteiger partial charge in [0.15, 0.2) is 5.78 Å². The van der Waals surface area contributed by atoms with E-state index in [1.54, 1.807) is 6.92 Å². The Morgan fingerprint density at radius 2 is 1.26 bits per heavy atom. The number of carbonyl (C=O) groups is 1. The van der Waals surface area contributed by atoms with Gasteiger partial charge in [0, 0.05) is 11.8 Å². The Hall–Kier alpha value is -2.49. The molecule has 3 atom stereocenters. The lowest BCUT2D eigenvalue weighted by Gasteiger charge is -2.39. The number of ether oxygens (including phenoxy) is 1. The van der Waals surface area contributed by atoms with Crippen LogP contribution in [-0.4, -0.2) is 28.2 Å². The van der Waals surface area contributed by atoms with Crippen molar-refractivity contribution in [3.05, 3.63) is 95.2 Å². The van der Waals surface area contributed by atoms with Crippen molar-refractivity contribution in [2.24, 2.45) is 5.41 Å². The predicted molar refractivity (Wildman–Crippen MR) is 144 cm³/mol. The molecule has 0 aromatic carbocycles. The lowest BCUT2D eigenvalue weighted by molar-refractivity contribution is -0.113. The van der Waals surface area contributed by atoms with Crippen LogP contribution >= 0.6 is 0 Å². The van der Waals surface area contributed by atoms with Gasteiger partial charge in [-0.05, 0) is 59.6 Å². The van der Waals surface area contributed by atoms with E-state index >= 15 is 0 Å². The molecule has 0 spiro atoms. The van der Waals surface area contributed by atoms with Gasteiger partial charge in [-0.25, -0.2) is 0 Å². The van der Waals surface area contributed by atoms with Crippen LogP contribution in [0, 0.1) is 5.41 Å². The number of fused-ring (bicyclic) bond motifs is 1. The first kappa shape index (κ1) is 27.8. The number of aliphatic hydroxyl groups is 1. The molecule has 0 aromatic heterocycles. The van der Waals surface area contributed by atoms with Crippen LogP contribution in [0.2, 0.25) is 0 Å². The molecule has 1 aliphatic heterocycles. The van der Waals surface area contributed by atoms with Gasteiger partial charge >= 0.3 is 0 Å². The normalized spacial score (nSPS) is 30.7. The molecule has 3 heteroatoms. The smallest absolute Gasteiger partial charge is 0.155 e. The van der Waals surface area contributed by atoms with E-state index in [9.17, 15) is 9.90 Å². The Kier molecular flexibility index (Phi) is 9.22. The fourth-order valence-corrected chi connectivity index (χ4v) is 4.72. The number of aliphatic hydroxyl groups excluding tert-OH is 1. The average molecular weight is 463 g/mol. The molecule has 1 aliphatic carbocycles. The van der Waals surface area contributed by atoms with Crippen molar-refractivity contribution in [2.75, 3.05) is 0 Å². The van der Waals surface area contributed by atoms with Crippen molar-refractivity contribution in [2.45, 2.75) is 85.5 Å². The Labute approximate surface area is 206 Å². The summed E-state index contributed by atoms with van der Waals surface area (Å²) in [5, 5.41) is 10.2. The number of carbonyl (C=O) groups excluding carboxylic acids is 1. The van der Waals surface area contributed by atoms with E-state index < -0.39 is 0 Å². The molecule has 2 rings (SSSR count). The first-order valence-corrected chi connectivity index (χ1v) is 12.1. The molecule has 2 aliphatic rings. The number of ketones is 1. The summed E-state index contributed by atoms with van der Waals surface area (Å²) in [5.41, 5.74) is 3.53. The number of hydrogen-bond donors (Lipinski definition) is 1. The van der Waals surface area contributed by atoms with E-state index in [-0.39, 0.29) is 28.5 Å². The molecule has 0 bridgehead atoms. The molecule has 3 unspecified atom stereocenters. The zero-order chi connectivity index (χ0) is 25.6. The van der Waals surface area contributed by atoms with E-state index in [1.165, 1.54) is 0 Å². The van der Waals surface area contributed by atoms with Crippen LogP contribution in [0.5, 0.6) is 0 Å². The first-order valence-electron chi connectivity index (χ1n) is 12.1. The number of Topliss-reactive ketones (excluding diaryl/α,β-unsaturated/α-hetero) is 1. The van der Waals surface area contributed by atoms with Gasteiger partial charge in [-0.1, -0.05) is 97.4 Å². The molecule has 0 radical (unpaired) electrons. The van der Waals surface area contributed by atoms with Gasteiger partial charge in [0.1, 0.15) is 11.2 Å². The molecule has 1 saturated heterocycles. The second-order valence-electron chi connectivity index (χ2n) is 10.6. The fraction of sp³-hybridized carbons (Fsp3) is 0.452. The van der Waals surface area contributed by atoms with Gasteiger partial charge < -0.3 is 9.84 Å². The summed E-state index contributed by atoms with van der Waals surface area (Å²) in [7, 11) is 0. The van der Waals surface area contributed by atoms with Gasteiger partial charge in [0.2, 0.25) is 0 Å². The molecule has 1 saturated carbocycles. The van der Waals surface area contributed by atoms with Crippen LogP contribution in [-0.2, 0) is 9.53 Å². The summed E-state index contributed by atoms with van der Waals surface area (Å²) in [5.74, 6) is 0.0921. The first-order chi connectivity index (χ1) is 15.8. The van der Waals surface area contributed by atoms with Crippen molar-refractivity contribution in [3.63, 3.8) is 0 Å². The molecule has 1 N–H and O–H groups in total. The van der Waals surface area contributed by atoms with E-state index in [0.717, 1.165) is 28.7 Å². The molecule has 1 heterocycles. The minimum Gasteiger partial charge on any atom is -0.393 e. The van der Waals surface area contributed by atoms with Crippen molar-refractivity contribution < 1.29 is 14.6 Å². The summed E-state index contributed by atoms with van der Waals surface area (Å²) < 4.78 is 6.21. The number of allylic oxidation sites excluding steroid dienone is 15. The maximum Gasteiger partial charge on any atom is 0.155 e. The highest BCUT2D eigenvalue weighted by Crippen LogP contribution is 2.66. The van der Waals surface area contributed by atoms with Crippen LogP contribution in [0.4, 0.5) is 0 Å². The van der Waals surface area contributed by atoms with Crippen LogP contribution in [0.15, 0.2) is 95.2 Å². The molecule has 2 fully saturated rings. The second kappa shape index (κ2) is 11.3. The van der Waals surface area contributed by atoms with E-state index in [1.807, 2.05) is 50.3 Å². The van der Waals surface area contributed by atoms with Gasteiger partial charge in [0.25, 0.3) is 0 Å².